The number of nitrogens with one attached hydrogen (secondary N) is 1. The van der Waals surface area contributed by atoms with Gasteiger partial charge in [0.15, 0.2) is 23.0 Å². The molecule has 3 aromatic rings. The lowest BCUT2D eigenvalue weighted by Gasteiger charge is -2.33. The second kappa shape index (κ2) is 6.67. The molecule has 0 bridgehead atoms. The maximum atomic E-state index is 14.6. The summed E-state index contributed by atoms with van der Waals surface area (Å²) in [6, 6.07) is 5.37. The van der Waals surface area contributed by atoms with Crippen molar-refractivity contribution in [2.45, 2.75) is 26.3 Å². The number of aromatic nitrogens is 3. The molecule has 0 aliphatic heterocycles. The van der Waals surface area contributed by atoms with Crippen molar-refractivity contribution in [3.8, 4) is 11.5 Å². The van der Waals surface area contributed by atoms with Gasteiger partial charge in [0.2, 0.25) is 0 Å². The number of aromatic amines is 1. The van der Waals surface area contributed by atoms with Crippen LogP contribution in [0, 0.1) is 5.82 Å². The Labute approximate surface area is 153 Å². The Balaban J connectivity index is 1.98. The molecular weight excluding hydrogens is 355 g/mol. The van der Waals surface area contributed by atoms with Crippen molar-refractivity contribution >= 4 is 22.9 Å². The second-order valence-corrected chi connectivity index (χ2v) is 6.76. The van der Waals surface area contributed by atoms with Gasteiger partial charge in [-0.15, -0.1) is 0 Å². The van der Waals surface area contributed by atoms with E-state index in [0.29, 0.717) is 0 Å². The Bertz CT molecular complexity index is 1070. The molecule has 1 amide bonds. The standard InChI is InChI=1S/C18H17FN4O4/c1-18(2,3)23(17(25)26)10-4-5-12(11(19)8-10)27-13-6-7-20-16-15(13)21-9-14(24)22-16/h4-9H,1-3H3,(H,25,26)(H,20,22,24). The zero-order valence-electron chi connectivity index (χ0n) is 14.9. The van der Waals surface area contributed by atoms with Gasteiger partial charge in [-0.1, -0.05) is 0 Å². The fourth-order valence-corrected chi connectivity index (χ4v) is 2.62. The highest BCUT2D eigenvalue weighted by Gasteiger charge is 2.28. The predicted octanol–water partition coefficient (Wildman–Crippen LogP) is 3.53. The molecule has 3 rings (SSSR count). The summed E-state index contributed by atoms with van der Waals surface area (Å²) < 4.78 is 20.2. The molecule has 0 aliphatic carbocycles. The van der Waals surface area contributed by atoms with Gasteiger partial charge in [-0.25, -0.2) is 19.2 Å². The summed E-state index contributed by atoms with van der Waals surface area (Å²) in [6.07, 6.45) is 1.28. The summed E-state index contributed by atoms with van der Waals surface area (Å²) in [5.41, 5.74) is -0.512. The molecule has 9 heteroatoms. The van der Waals surface area contributed by atoms with Crippen LogP contribution in [0.4, 0.5) is 14.9 Å². The molecule has 2 aromatic heterocycles. The van der Waals surface area contributed by atoms with E-state index in [1.807, 2.05) is 0 Å². The molecule has 2 N–H and O–H groups in total. The number of anilines is 1. The summed E-state index contributed by atoms with van der Waals surface area (Å²) in [7, 11) is 0. The smallest absolute Gasteiger partial charge is 0.412 e. The first-order valence-electron chi connectivity index (χ1n) is 8.01. The summed E-state index contributed by atoms with van der Waals surface area (Å²) >= 11 is 0. The summed E-state index contributed by atoms with van der Waals surface area (Å²) in [6.45, 7) is 5.12. The Morgan fingerprint density at radius 1 is 1.22 bits per heavy atom. The molecule has 27 heavy (non-hydrogen) atoms. The molecule has 0 unspecified atom stereocenters. The van der Waals surface area contributed by atoms with Crippen molar-refractivity contribution in [1.82, 2.24) is 15.0 Å². The van der Waals surface area contributed by atoms with Gasteiger partial charge in [-0.3, -0.25) is 9.69 Å². The van der Waals surface area contributed by atoms with E-state index in [1.165, 1.54) is 24.4 Å². The van der Waals surface area contributed by atoms with Gasteiger partial charge in [-0.05, 0) is 32.9 Å². The first-order valence-corrected chi connectivity index (χ1v) is 8.01. The van der Waals surface area contributed by atoms with Crippen LogP contribution < -0.4 is 15.2 Å². The molecule has 140 valence electrons. The number of pyridine rings is 1. The number of benzene rings is 1. The largest absolute Gasteiger partial charge is 0.465 e. The summed E-state index contributed by atoms with van der Waals surface area (Å²) in [5, 5.41) is 9.43. The highest BCUT2D eigenvalue weighted by Crippen LogP contribution is 2.32. The molecular formula is C18H17FN4O4. The third kappa shape index (κ3) is 3.71. The maximum absolute atomic E-state index is 14.6. The Kier molecular flexibility index (Phi) is 4.52. The average Bonchev–Trinajstić information content (AvgIpc) is 2.55. The van der Waals surface area contributed by atoms with E-state index in [1.54, 1.807) is 20.8 Å². The predicted molar refractivity (Wildman–Crippen MR) is 96.9 cm³/mol. The number of halogens is 1. The van der Waals surface area contributed by atoms with Gasteiger partial charge in [0.05, 0.1) is 11.9 Å². The van der Waals surface area contributed by atoms with Crippen molar-refractivity contribution in [3.63, 3.8) is 0 Å². The number of rotatable bonds is 3. The third-order valence-electron chi connectivity index (χ3n) is 3.70. The minimum atomic E-state index is -1.19. The van der Waals surface area contributed by atoms with Gasteiger partial charge >= 0.3 is 6.09 Å². The van der Waals surface area contributed by atoms with E-state index in [0.717, 1.165) is 17.2 Å². The quantitative estimate of drug-likeness (QED) is 0.728. The lowest BCUT2D eigenvalue weighted by atomic mass is 10.1. The monoisotopic (exact) mass is 372 g/mol. The van der Waals surface area contributed by atoms with Crippen molar-refractivity contribution in [2.75, 3.05) is 4.90 Å². The number of hydrogen-bond acceptors (Lipinski definition) is 5. The number of H-pyrrole nitrogens is 1. The number of ether oxygens (including phenoxy) is 1. The third-order valence-corrected chi connectivity index (χ3v) is 3.70. The lowest BCUT2D eigenvalue weighted by Crippen LogP contribution is -2.45. The maximum Gasteiger partial charge on any atom is 0.412 e. The van der Waals surface area contributed by atoms with Crippen molar-refractivity contribution in [1.29, 1.82) is 0 Å². The number of carbonyl (C=O) groups is 1. The number of fused-ring (bicyclic) bond motifs is 1. The van der Waals surface area contributed by atoms with Crippen LogP contribution >= 0.6 is 0 Å². The van der Waals surface area contributed by atoms with E-state index in [9.17, 15) is 19.1 Å². The normalized spacial score (nSPS) is 11.4. The molecule has 1 aromatic carbocycles. The summed E-state index contributed by atoms with van der Waals surface area (Å²) in [5.74, 6) is -0.648. The molecule has 0 radical (unpaired) electrons. The zero-order valence-corrected chi connectivity index (χ0v) is 14.9. The Hall–Kier alpha value is -3.49. The number of carboxylic acid groups (broad SMARTS) is 1. The molecule has 0 saturated heterocycles. The fraction of sp³-hybridized carbons (Fsp3) is 0.222. The van der Waals surface area contributed by atoms with Crippen LogP contribution in [0.5, 0.6) is 11.5 Å². The minimum absolute atomic E-state index is 0.113. The first kappa shape index (κ1) is 18.3. The molecule has 0 aliphatic rings. The molecule has 0 atom stereocenters. The van der Waals surface area contributed by atoms with Crippen LogP contribution in [0.3, 0.4) is 0 Å². The Morgan fingerprint density at radius 3 is 2.59 bits per heavy atom. The number of hydrogen-bond donors (Lipinski definition) is 2. The van der Waals surface area contributed by atoms with Crippen LogP contribution in [0.2, 0.25) is 0 Å². The van der Waals surface area contributed by atoms with E-state index >= 15 is 0 Å². The molecule has 0 saturated carbocycles. The van der Waals surface area contributed by atoms with E-state index < -0.39 is 23.0 Å². The summed E-state index contributed by atoms with van der Waals surface area (Å²) in [4.78, 5) is 34.4. The van der Waals surface area contributed by atoms with Gasteiger partial charge in [-0.2, -0.15) is 0 Å². The fourth-order valence-electron chi connectivity index (χ4n) is 2.62. The zero-order chi connectivity index (χ0) is 19.8. The molecule has 2 heterocycles. The van der Waals surface area contributed by atoms with Crippen molar-refractivity contribution in [2.24, 2.45) is 0 Å². The van der Waals surface area contributed by atoms with E-state index in [4.69, 9.17) is 4.74 Å². The molecule has 0 fully saturated rings. The topological polar surface area (TPSA) is 108 Å². The van der Waals surface area contributed by atoms with Gasteiger partial charge in [0, 0.05) is 23.9 Å². The van der Waals surface area contributed by atoms with Crippen LogP contribution in [-0.2, 0) is 0 Å². The highest BCUT2D eigenvalue weighted by atomic mass is 19.1. The van der Waals surface area contributed by atoms with Gasteiger partial charge < -0.3 is 14.8 Å². The molecule has 0 spiro atoms. The van der Waals surface area contributed by atoms with Crippen LogP contribution in [-0.4, -0.2) is 31.7 Å². The average molecular weight is 372 g/mol. The highest BCUT2D eigenvalue weighted by molar-refractivity contribution is 5.87. The Morgan fingerprint density at radius 2 is 1.96 bits per heavy atom. The van der Waals surface area contributed by atoms with Crippen LogP contribution in [0.1, 0.15) is 20.8 Å². The van der Waals surface area contributed by atoms with Crippen LogP contribution in [0.25, 0.3) is 11.2 Å². The molecule has 8 nitrogen and oxygen atoms in total. The van der Waals surface area contributed by atoms with Crippen molar-refractivity contribution < 1.29 is 19.0 Å². The minimum Gasteiger partial charge on any atom is -0.465 e. The SMILES string of the molecule is CC(C)(C)N(C(=O)O)c1ccc(Oc2ccnc3[nH]c(=O)cnc23)c(F)c1. The van der Waals surface area contributed by atoms with E-state index in [-0.39, 0.29) is 28.4 Å². The van der Waals surface area contributed by atoms with Crippen molar-refractivity contribution in [3.05, 3.63) is 52.8 Å². The van der Waals surface area contributed by atoms with Gasteiger partial charge in [0.25, 0.3) is 5.56 Å². The second-order valence-electron chi connectivity index (χ2n) is 6.76. The van der Waals surface area contributed by atoms with Crippen LogP contribution in [0.15, 0.2) is 41.5 Å². The number of nitrogens with zero attached hydrogens (tertiary/aromatic N) is 3. The van der Waals surface area contributed by atoms with Gasteiger partial charge in [0.1, 0.15) is 5.52 Å². The first-order chi connectivity index (χ1) is 12.7. The number of amides is 1. The lowest BCUT2D eigenvalue weighted by molar-refractivity contribution is 0.195. The van der Waals surface area contributed by atoms with E-state index in [2.05, 4.69) is 15.0 Å².